The SMILES string of the molecule is CN=C(NCc1nnc2n1CCCC2)N1CCC(OC(C)(C)C)CC1.I. The second kappa shape index (κ2) is 9.34. The van der Waals surface area contributed by atoms with Gasteiger partial charge in [0.05, 0.1) is 18.2 Å². The van der Waals surface area contributed by atoms with Crippen molar-refractivity contribution in [2.75, 3.05) is 20.1 Å². The summed E-state index contributed by atoms with van der Waals surface area (Å²) < 4.78 is 8.37. The van der Waals surface area contributed by atoms with Gasteiger partial charge in [0, 0.05) is 33.1 Å². The lowest BCUT2D eigenvalue weighted by Gasteiger charge is -2.36. The molecular formula is C18H33IN6O. The first-order valence-electron chi connectivity index (χ1n) is 9.50. The molecule has 0 atom stereocenters. The van der Waals surface area contributed by atoms with E-state index in [1.165, 1.54) is 12.8 Å². The first-order valence-corrected chi connectivity index (χ1v) is 9.50. The van der Waals surface area contributed by atoms with Crippen LogP contribution >= 0.6 is 24.0 Å². The van der Waals surface area contributed by atoms with Crippen LogP contribution in [0.4, 0.5) is 0 Å². The van der Waals surface area contributed by atoms with Crippen molar-refractivity contribution >= 4 is 29.9 Å². The molecule has 0 aliphatic carbocycles. The van der Waals surface area contributed by atoms with Gasteiger partial charge in [-0.05, 0) is 46.5 Å². The smallest absolute Gasteiger partial charge is 0.194 e. The van der Waals surface area contributed by atoms with Crippen LogP contribution in [-0.4, -0.2) is 57.5 Å². The molecule has 0 radical (unpaired) electrons. The van der Waals surface area contributed by atoms with Crippen molar-refractivity contribution in [3.05, 3.63) is 11.6 Å². The maximum atomic E-state index is 6.11. The molecule has 1 fully saturated rings. The zero-order chi connectivity index (χ0) is 17.9. The minimum Gasteiger partial charge on any atom is -0.372 e. The molecule has 1 saturated heterocycles. The molecule has 0 aromatic carbocycles. The quantitative estimate of drug-likeness (QED) is 0.413. The van der Waals surface area contributed by atoms with Crippen molar-refractivity contribution in [2.24, 2.45) is 4.99 Å². The maximum absolute atomic E-state index is 6.11. The third-order valence-electron chi connectivity index (χ3n) is 4.81. The Balaban J connectivity index is 0.00000243. The van der Waals surface area contributed by atoms with Gasteiger partial charge >= 0.3 is 0 Å². The lowest BCUT2D eigenvalue weighted by molar-refractivity contribution is -0.0772. The van der Waals surface area contributed by atoms with E-state index in [0.29, 0.717) is 12.6 Å². The molecule has 148 valence electrons. The fourth-order valence-corrected chi connectivity index (χ4v) is 3.68. The Hall–Kier alpha value is -0.900. The summed E-state index contributed by atoms with van der Waals surface area (Å²) in [7, 11) is 1.85. The Bertz CT molecular complexity index is 601. The predicted molar refractivity (Wildman–Crippen MR) is 114 cm³/mol. The van der Waals surface area contributed by atoms with E-state index in [9.17, 15) is 0 Å². The zero-order valence-corrected chi connectivity index (χ0v) is 18.8. The van der Waals surface area contributed by atoms with Gasteiger partial charge in [-0.2, -0.15) is 0 Å². The second-order valence-corrected chi connectivity index (χ2v) is 7.96. The summed E-state index contributed by atoms with van der Waals surface area (Å²) in [6, 6.07) is 0. The number of guanidine groups is 1. The summed E-state index contributed by atoms with van der Waals surface area (Å²) in [5, 5.41) is 12.1. The van der Waals surface area contributed by atoms with Crippen LogP contribution in [-0.2, 0) is 24.2 Å². The summed E-state index contributed by atoms with van der Waals surface area (Å²) in [5.74, 6) is 3.09. The summed E-state index contributed by atoms with van der Waals surface area (Å²) in [5.41, 5.74) is -0.0699. The third-order valence-corrected chi connectivity index (χ3v) is 4.81. The van der Waals surface area contributed by atoms with Gasteiger partial charge in [-0.25, -0.2) is 0 Å². The summed E-state index contributed by atoms with van der Waals surface area (Å²) in [6.07, 6.45) is 5.91. The molecule has 1 N–H and O–H groups in total. The van der Waals surface area contributed by atoms with Crippen molar-refractivity contribution < 1.29 is 4.74 Å². The molecule has 2 aliphatic heterocycles. The molecule has 1 aromatic heterocycles. The molecular weight excluding hydrogens is 443 g/mol. The van der Waals surface area contributed by atoms with Crippen molar-refractivity contribution in [3.63, 3.8) is 0 Å². The Morgan fingerprint density at radius 2 is 1.92 bits per heavy atom. The molecule has 7 nitrogen and oxygen atoms in total. The molecule has 0 saturated carbocycles. The number of halogens is 1. The van der Waals surface area contributed by atoms with Crippen LogP contribution in [0.1, 0.15) is 58.1 Å². The Morgan fingerprint density at radius 3 is 2.58 bits per heavy atom. The molecule has 3 heterocycles. The highest BCUT2D eigenvalue weighted by atomic mass is 127. The molecule has 0 bridgehead atoms. The average Bonchev–Trinajstić information content (AvgIpc) is 2.99. The molecule has 8 heteroatoms. The Morgan fingerprint density at radius 1 is 1.19 bits per heavy atom. The third kappa shape index (κ3) is 5.55. The summed E-state index contributed by atoms with van der Waals surface area (Å²) in [4.78, 5) is 6.77. The topological polar surface area (TPSA) is 67.6 Å². The number of aliphatic imine (C=N–C) groups is 1. The van der Waals surface area contributed by atoms with Gasteiger partial charge < -0.3 is 19.5 Å². The minimum atomic E-state index is -0.0699. The van der Waals surface area contributed by atoms with Crippen LogP contribution in [0.3, 0.4) is 0 Å². The van der Waals surface area contributed by atoms with E-state index in [2.05, 4.69) is 50.7 Å². The molecule has 0 amide bonds. The van der Waals surface area contributed by atoms with Crippen LogP contribution in [0.15, 0.2) is 4.99 Å². The highest BCUT2D eigenvalue weighted by Crippen LogP contribution is 2.20. The number of ether oxygens (including phenoxy) is 1. The lowest BCUT2D eigenvalue weighted by atomic mass is 10.1. The number of piperidine rings is 1. The van der Waals surface area contributed by atoms with E-state index in [1.54, 1.807) is 0 Å². The summed E-state index contributed by atoms with van der Waals surface area (Å²) in [6.45, 7) is 10.0. The molecule has 1 aromatic rings. The van der Waals surface area contributed by atoms with E-state index in [0.717, 1.165) is 56.5 Å². The zero-order valence-electron chi connectivity index (χ0n) is 16.5. The van der Waals surface area contributed by atoms with Crippen LogP contribution in [0.5, 0.6) is 0 Å². The van der Waals surface area contributed by atoms with Gasteiger partial charge in [0.25, 0.3) is 0 Å². The first-order chi connectivity index (χ1) is 12.0. The number of likely N-dealkylation sites (tertiary alicyclic amines) is 1. The van der Waals surface area contributed by atoms with Crippen LogP contribution < -0.4 is 5.32 Å². The Labute approximate surface area is 174 Å². The van der Waals surface area contributed by atoms with Crippen LogP contribution in [0.25, 0.3) is 0 Å². The molecule has 2 aliphatic rings. The number of nitrogens with zero attached hydrogens (tertiary/aromatic N) is 5. The van der Waals surface area contributed by atoms with Gasteiger partial charge in [-0.1, -0.05) is 0 Å². The monoisotopic (exact) mass is 476 g/mol. The van der Waals surface area contributed by atoms with Gasteiger partial charge in [0.1, 0.15) is 5.82 Å². The lowest BCUT2D eigenvalue weighted by Crippen LogP contribution is -2.47. The number of rotatable bonds is 3. The number of aryl methyl sites for hydroxylation is 1. The predicted octanol–water partition coefficient (Wildman–Crippen LogP) is 2.59. The van der Waals surface area contributed by atoms with Crippen molar-refractivity contribution in [1.29, 1.82) is 0 Å². The molecule has 3 rings (SSSR count). The van der Waals surface area contributed by atoms with Gasteiger partial charge in [-0.3, -0.25) is 4.99 Å². The van der Waals surface area contributed by atoms with Gasteiger partial charge in [0.2, 0.25) is 0 Å². The second-order valence-electron chi connectivity index (χ2n) is 7.96. The first kappa shape index (κ1) is 21.4. The Kier molecular flexibility index (Phi) is 7.69. The number of nitrogens with one attached hydrogen (secondary N) is 1. The van der Waals surface area contributed by atoms with Crippen molar-refractivity contribution in [3.8, 4) is 0 Å². The van der Waals surface area contributed by atoms with Gasteiger partial charge in [0.15, 0.2) is 11.8 Å². The summed E-state index contributed by atoms with van der Waals surface area (Å²) >= 11 is 0. The number of aromatic nitrogens is 3. The fraction of sp³-hybridized carbons (Fsp3) is 0.833. The number of hydrogen-bond donors (Lipinski definition) is 1. The normalized spacial score (nSPS) is 19.1. The minimum absolute atomic E-state index is 0. The van der Waals surface area contributed by atoms with Crippen LogP contribution in [0.2, 0.25) is 0 Å². The number of fused-ring (bicyclic) bond motifs is 1. The van der Waals surface area contributed by atoms with E-state index >= 15 is 0 Å². The van der Waals surface area contributed by atoms with Crippen LogP contribution in [0, 0.1) is 0 Å². The molecule has 26 heavy (non-hydrogen) atoms. The van der Waals surface area contributed by atoms with E-state index < -0.39 is 0 Å². The van der Waals surface area contributed by atoms with Crippen molar-refractivity contribution in [2.45, 2.75) is 77.7 Å². The highest BCUT2D eigenvalue weighted by molar-refractivity contribution is 14.0. The van der Waals surface area contributed by atoms with Crippen molar-refractivity contribution in [1.82, 2.24) is 25.0 Å². The average molecular weight is 476 g/mol. The fourth-order valence-electron chi connectivity index (χ4n) is 3.68. The number of hydrogen-bond acceptors (Lipinski definition) is 4. The largest absolute Gasteiger partial charge is 0.372 e. The highest BCUT2D eigenvalue weighted by Gasteiger charge is 2.26. The van der Waals surface area contributed by atoms with E-state index in [-0.39, 0.29) is 29.6 Å². The van der Waals surface area contributed by atoms with E-state index in [4.69, 9.17) is 4.74 Å². The van der Waals surface area contributed by atoms with E-state index in [1.807, 2.05) is 7.05 Å². The molecule has 0 unspecified atom stereocenters. The maximum Gasteiger partial charge on any atom is 0.194 e. The standard InChI is InChI=1S/C18H32N6O.HI/c1-18(2,3)25-14-8-11-23(12-9-14)17(19-4)20-13-16-22-21-15-7-5-6-10-24(15)16;/h14H,5-13H2,1-4H3,(H,19,20);1H. The van der Waals surface area contributed by atoms with Gasteiger partial charge in [-0.15, -0.1) is 34.2 Å². The molecule has 0 spiro atoms.